The lowest BCUT2D eigenvalue weighted by Crippen LogP contribution is -2.23. The second-order valence-electron chi connectivity index (χ2n) is 3.78. The topological polar surface area (TPSA) is 68.0 Å². The number of pyridine rings is 1. The largest absolute Gasteiger partial charge is 0.399 e. The van der Waals surface area contributed by atoms with Crippen LogP contribution in [0.25, 0.3) is 0 Å². The van der Waals surface area contributed by atoms with Gasteiger partial charge >= 0.3 is 0 Å². The van der Waals surface area contributed by atoms with E-state index >= 15 is 0 Å². The van der Waals surface area contributed by atoms with Crippen LogP contribution in [0.2, 0.25) is 0 Å². The van der Waals surface area contributed by atoms with Gasteiger partial charge in [0, 0.05) is 17.4 Å². The minimum Gasteiger partial charge on any atom is -0.399 e. The quantitative estimate of drug-likeness (QED) is 0.809. The molecule has 0 bridgehead atoms. The van der Waals surface area contributed by atoms with Gasteiger partial charge in [0.15, 0.2) is 0 Å². The molecular weight excluding hydrogens is 233 g/mol. The highest BCUT2D eigenvalue weighted by Gasteiger charge is 2.07. The first-order chi connectivity index (χ1) is 8.65. The van der Waals surface area contributed by atoms with Crippen LogP contribution in [-0.4, -0.2) is 10.9 Å². The molecule has 0 aliphatic heterocycles. The van der Waals surface area contributed by atoms with E-state index < -0.39 is 5.82 Å². The van der Waals surface area contributed by atoms with E-state index in [0.29, 0.717) is 0 Å². The molecule has 5 heteroatoms. The average molecular weight is 245 g/mol. The van der Waals surface area contributed by atoms with Crippen molar-refractivity contribution in [2.24, 2.45) is 0 Å². The van der Waals surface area contributed by atoms with Gasteiger partial charge in [0.25, 0.3) is 5.91 Å². The molecule has 0 atom stereocenters. The second-order valence-corrected chi connectivity index (χ2v) is 3.78. The number of rotatable bonds is 3. The maximum Gasteiger partial charge on any atom is 0.251 e. The number of amides is 1. The van der Waals surface area contributed by atoms with Crippen LogP contribution in [0.4, 0.5) is 10.1 Å². The molecule has 0 saturated heterocycles. The number of anilines is 1. The Morgan fingerprint density at radius 1 is 1.33 bits per heavy atom. The second kappa shape index (κ2) is 5.27. The molecule has 3 N–H and O–H groups in total. The number of nitrogens with zero attached hydrogens (tertiary/aromatic N) is 1. The van der Waals surface area contributed by atoms with Crippen LogP contribution in [-0.2, 0) is 6.54 Å². The minimum atomic E-state index is -0.530. The molecule has 0 aliphatic rings. The summed E-state index contributed by atoms with van der Waals surface area (Å²) < 4.78 is 13.1. The fraction of sp³-hybridized carbons (Fsp3) is 0.0769. The summed E-state index contributed by atoms with van der Waals surface area (Å²) in [6.07, 6.45) is 1.64. The van der Waals surface area contributed by atoms with Crippen molar-refractivity contribution in [3.63, 3.8) is 0 Å². The molecule has 0 unspecified atom stereocenters. The molecule has 0 aliphatic carbocycles. The van der Waals surface area contributed by atoms with E-state index in [1.54, 1.807) is 18.3 Å². The summed E-state index contributed by atoms with van der Waals surface area (Å²) in [6, 6.07) is 9.14. The molecule has 1 heterocycles. The van der Waals surface area contributed by atoms with Crippen LogP contribution >= 0.6 is 0 Å². The molecule has 0 saturated carbocycles. The van der Waals surface area contributed by atoms with Crippen LogP contribution in [0.1, 0.15) is 16.1 Å². The van der Waals surface area contributed by atoms with Crippen LogP contribution < -0.4 is 11.1 Å². The van der Waals surface area contributed by atoms with Crippen molar-refractivity contribution >= 4 is 11.6 Å². The third-order valence-corrected chi connectivity index (χ3v) is 2.34. The van der Waals surface area contributed by atoms with E-state index in [1.165, 1.54) is 6.07 Å². The van der Waals surface area contributed by atoms with E-state index in [2.05, 4.69) is 10.3 Å². The van der Waals surface area contributed by atoms with E-state index in [9.17, 15) is 9.18 Å². The van der Waals surface area contributed by atoms with Gasteiger partial charge in [0.1, 0.15) is 5.82 Å². The smallest absolute Gasteiger partial charge is 0.251 e. The Morgan fingerprint density at radius 2 is 2.17 bits per heavy atom. The lowest BCUT2D eigenvalue weighted by molar-refractivity contribution is 0.0950. The maximum absolute atomic E-state index is 13.1. The normalized spacial score (nSPS) is 10.1. The highest BCUT2D eigenvalue weighted by atomic mass is 19.1. The van der Waals surface area contributed by atoms with Gasteiger partial charge < -0.3 is 11.1 Å². The number of aromatic nitrogens is 1. The first-order valence-corrected chi connectivity index (χ1v) is 5.39. The highest BCUT2D eigenvalue weighted by Crippen LogP contribution is 2.10. The van der Waals surface area contributed by atoms with Crippen LogP contribution in [0.3, 0.4) is 0 Å². The van der Waals surface area contributed by atoms with E-state index in [0.717, 1.165) is 17.8 Å². The number of halogens is 1. The molecule has 1 aromatic heterocycles. The van der Waals surface area contributed by atoms with Gasteiger partial charge in [-0.1, -0.05) is 6.07 Å². The number of nitrogens with one attached hydrogen (secondary N) is 1. The first-order valence-electron chi connectivity index (χ1n) is 5.39. The van der Waals surface area contributed by atoms with Gasteiger partial charge in [0.2, 0.25) is 0 Å². The number of carbonyl (C=O) groups excluding carboxylic acids is 1. The van der Waals surface area contributed by atoms with Crippen molar-refractivity contribution in [2.75, 3.05) is 5.73 Å². The van der Waals surface area contributed by atoms with Gasteiger partial charge in [0.05, 0.1) is 12.2 Å². The Hall–Kier alpha value is -2.43. The Labute approximate surface area is 104 Å². The molecule has 4 nitrogen and oxygen atoms in total. The van der Waals surface area contributed by atoms with Gasteiger partial charge in [-0.25, -0.2) is 4.39 Å². The van der Waals surface area contributed by atoms with Gasteiger partial charge in [-0.3, -0.25) is 9.78 Å². The van der Waals surface area contributed by atoms with Gasteiger partial charge in [-0.05, 0) is 30.3 Å². The van der Waals surface area contributed by atoms with E-state index in [4.69, 9.17) is 5.73 Å². The molecular formula is C13H12FN3O. The van der Waals surface area contributed by atoms with Crippen LogP contribution in [0, 0.1) is 5.82 Å². The van der Waals surface area contributed by atoms with Crippen molar-refractivity contribution in [1.29, 1.82) is 0 Å². The standard InChI is InChI=1S/C13H12FN3O/c14-10-5-9(6-11(15)7-10)13(18)17-8-12-3-1-2-4-16-12/h1-7H,8,15H2,(H,17,18). The van der Waals surface area contributed by atoms with Gasteiger partial charge in [-0.15, -0.1) is 0 Å². The molecule has 18 heavy (non-hydrogen) atoms. The van der Waals surface area contributed by atoms with Crippen LogP contribution in [0.15, 0.2) is 42.6 Å². The number of hydrogen-bond donors (Lipinski definition) is 2. The minimum absolute atomic E-state index is 0.198. The first kappa shape index (κ1) is 12.0. The maximum atomic E-state index is 13.1. The van der Waals surface area contributed by atoms with Crippen molar-refractivity contribution in [3.8, 4) is 0 Å². The molecule has 0 radical (unpaired) electrons. The highest BCUT2D eigenvalue weighted by molar-refractivity contribution is 5.94. The summed E-state index contributed by atoms with van der Waals surface area (Å²) in [4.78, 5) is 15.8. The fourth-order valence-electron chi connectivity index (χ4n) is 1.52. The number of carbonyl (C=O) groups is 1. The third-order valence-electron chi connectivity index (χ3n) is 2.34. The predicted molar refractivity (Wildman–Crippen MR) is 66.2 cm³/mol. The number of hydrogen-bond acceptors (Lipinski definition) is 3. The lowest BCUT2D eigenvalue weighted by Gasteiger charge is -2.05. The number of benzene rings is 1. The molecule has 0 spiro atoms. The Balaban J connectivity index is 2.04. The zero-order chi connectivity index (χ0) is 13.0. The van der Waals surface area contributed by atoms with E-state index in [1.807, 2.05) is 6.07 Å². The number of nitrogen functional groups attached to an aromatic ring is 1. The van der Waals surface area contributed by atoms with Gasteiger partial charge in [-0.2, -0.15) is 0 Å². The van der Waals surface area contributed by atoms with Crippen LogP contribution in [0.5, 0.6) is 0 Å². The molecule has 0 fully saturated rings. The number of nitrogens with two attached hydrogens (primary N) is 1. The average Bonchev–Trinajstić information content (AvgIpc) is 2.36. The molecule has 1 aromatic carbocycles. The fourth-order valence-corrected chi connectivity index (χ4v) is 1.52. The zero-order valence-corrected chi connectivity index (χ0v) is 9.56. The van der Waals surface area contributed by atoms with Crippen molar-refractivity contribution in [3.05, 3.63) is 59.7 Å². The zero-order valence-electron chi connectivity index (χ0n) is 9.56. The Morgan fingerprint density at radius 3 is 2.83 bits per heavy atom. The SMILES string of the molecule is Nc1cc(F)cc(C(=O)NCc2ccccn2)c1. The summed E-state index contributed by atoms with van der Waals surface area (Å²) in [5.41, 5.74) is 6.62. The Kier molecular flexibility index (Phi) is 3.52. The molecule has 2 aromatic rings. The van der Waals surface area contributed by atoms with E-state index in [-0.39, 0.29) is 23.7 Å². The summed E-state index contributed by atoms with van der Waals surface area (Å²) >= 11 is 0. The van der Waals surface area contributed by atoms with Crippen molar-refractivity contribution < 1.29 is 9.18 Å². The van der Waals surface area contributed by atoms with Crippen molar-refractivity contribution in [2.45, 2.75) is 6.54 Å². The lowest BCUT2D eigenvalue weighted by atomic mass is 10.2. The summed E-state index contributed by atoms with van der Waals surface area (Å²) in [5.74, 6) is -0.912. The summed E-state index contributed by atoms with van der Waals surface area (Å²) in [7, 11) is 0. The Bertz CT molecular complexity index is 537. The molecule has 2 rings (SSSR count). The summed E-state index contributed by atoms with van der Waals surface area (Å²) in [6.45, 7) is 0.288. The summed E-state index contributed by atoms with van der Waals surface area (Å²) in [5, 5.41) is 2.65. The predicted octanol–water partition coefficient (Wildman–Crippen LogP) is 1.73. The third kappa shape index (κ3) is 3.04. The monoisotopic (exact) mass is 245 g/mol. The van der Waals surface area contributed by atoms with Crippen molar-refractivity contribution in [1.82, 2.24) is 10.3 Å². The molecule has 92 valence electrons. The molecule has 1 amide bonds.